The Hall–Kier alpha value is -1.76. The molecule has 2 rings (SSSR count). The van der Waals surface area contributed by atoms with Crippen LogP contribution in [0.25, 0.3) is 0 Å². The Labute approximate surface area is 92.4 Å². The summed E-state index contributed by atoms with van der Waals surface area (Å²) in [5, 5.41) is 7.04. The van der Waals surface area contributed by atoms with Gasteiger partial charge in [-0.3, -0.25) is 24.5 Å². The molecule has 0 aromatic carbocycles. The molecule has 1 aliphatic heterocycles. The first-order chi connectivity index (χ1) is 7.58. The number of hydrogen-bond donors (Lipinski definition) is 1. The second kappa shape index (κ2) is 4.01. The van der Waals surface area contributed by atoms with Crippen LogP contribution in [0.4, 0.5) is 0 Å². The van der Waals surface area contributed by atoms with Crippen LogP contribution in [0.1, 0.15) is 12.2 Å². The van der Waals surface area contributed by atoms with Gasteiger partial charge in [-0.1, -0.05) is 0 Å². The minimum absolute atomic E-state index is 0.156. The molecule has 2 amide bonds. The molecule has 0 radical (unpaired) electrons. The first kappa shape index (κ1) is 10.7. The maximum absolute atomic E-state index is 11.5. The zero-order valence-electron chi connectivity index (χ0n) is 9.17. The Bertz CT molecular complexity index is 427. The molecule has 0 saturated carbocycles. The number of nitrogens with zero attached hydrogens (tertiary/aromatic N) is 4. The Balaban J connectivity index is 1.92. The van der Waals surface area contributed by atoms with Crippen LogP contribution < -0.4 is 5.32 Å². The normalized spacial score (nSPS) is 20.9. The van der Waals surface area contributed by atoms with Crippen LogP contribution in [-0.2, 0) is 23.2 Å². The Morgan fingerprint density at radius 3 is 2.75 bits per heavy atom. The van der Waals surface area contributed by atoms with Crippen LogP contribution in [0.5, 0.6) is 0 Å². The van der Waals surface area contributed by atoms with Crippen molar-refractivity contribution in [2.75, 3.05) is 7.05 Å². The van der Waals surface area contributed by atoms with Crippen molar-refractivity contribution in [3.05, 3.63) is 12.2 Å². The number of amides is 2. The van der Waals surface area contributed by atoms with Gasteiger partial charge in [0.15, 0.2) is 5.82 Å². The molecule has 86 valence electrons. The summed E-state index contributed by atoms with van der Waals surface area (Å²) < 4.78 is 1.59. The van der Waals surface area contributed by atoms with Crippen LogP contribution in [-0.4, -0.2) is 44.6 Å². The lowest BCUT2D eigenvalue weighted by molar-refractivity contribution is -0.137. The highest BCUT2D eigenvalue weighted by Gasteiger charge is 2.35. The average molecular weight is 223 g/mol. The van der Waals surface area contributed by atoms with Crippen molar-refractivity contribution in [3.63, 3.8) is 0 Å². The van der Waals surface area contributed by atoms with Crippen LogP contribution in [0.2, 0.25) is 0 Å². The topological polar surface area (TPSA) is 80.1 Å². The third-order valence-corrected chi connectivity index (χ3v) is 2.54. The Morgan fingerprint density at radius 1 is 1.50 bits per heavy atom. The Morgan fingerprint density at radius 2 is 2.25 bits per heavy atom. The van der Waals surface area contributed by atoms with Gasteiger partial charge in [0.1, 0.15) is 6.33 Å². The molecule has 1 saturated heterocycles. The lowest BCUT2D eigenvalue weighted by atomic mass is 10.2. The second-order valence-corrected chi connectivity index (χ2v) is 3.76. The van der Waals surface area contributed by atoms with Gasteiger partial charge in [-0.05, 0) is 0 Å². The van der Waals surface area contributed by atoms with Gasteiger partial charge < -0.3 is 0 Å². The molecule has 1 N–H and O–H groups in total. The van der Waals surface area contributed by atoms with Crippen molar-refractivity contribution in [1.82, 2.24) is 25.0 Å². The predicted molar refractivity (Wildman–Crippen MR) is 54.0 cm³/mol. The summed E-state index contributed by atoms with van der Waals surface area (Å²) in [6.45, 7) is 0.387. The van der Waals surface area contributed by atoms with E-state index < -0.39 is 6.04 Å². The lowest BCUT2D eigenvalue weighted by Crippen LogP contribution is -2.36. The highest BCUT2D eigenvalue weighted by molar-refractivity contribution is 6.05. The van der Waals surface area contributed by atoms with Crippen molar-refractivity contribution >= 4 is 11.8 Å². The van der Waals surface area contributed by atoms with Crippen molar-refractivity contribution < 1.29 is 9.59 Å². The number of carbonyl (C=O) groups excluding carboxylic acids is 2. The van der Waals surface area contributed by atoms with Gasteiger partial charge in [0.05, 0.1) is 19.0 Å². The summed E-state index contributed by atoms with van der Waals surface area (Å²) in [6, 6.07) is -0.443. The maximum atomic E-state index is 11.5. The standard InChI is InChI=1S/C9H13N5O2/c1-13-5-11-7(12-13)4-10-6-3-8(15)14(2)9(6)16/h5-6,10H,3-4H2,1-2H3. The van der Waals surface area contributed by atoms with E-state index in [0.29, 0.717) is 12.4 Å². The number of aromatic nitrogens is 3. The van der Waals surface area contributed by atoms with Crippen LogP contribution in [0.15, 0.2) is 6.33 Å². The molecule has 2 heterocycles. The van der Waals surface area contributed by atoms with Gasteiger partial charge in [-0.15, -0.1) is 0 Å². The fourth-order valence-electron chi connectivity index (χ4n) is 1.59. The summed E-state index contributed by atoms with van der Waals surface area (Å²) in [5.74, 6) is 0.259. The van der Waals surface area contributed by atoms with Crippen LogP contribution >= 0.6 is 0 Å². The number of hydrogen-bond acceptors (Lipinski definition) is 5. The quantitative estimate of drug-likeness (QED) is 0.642. The van der Waals surface area contributed by atoms with E-state index in [9.17, 15) is 9.59 Å². The molecule has 0 spiro atoms. The van der Waals surface area contributed by atoms with Crippen LogP contribution in [0.3, 0.4) is 0 Å². The molecule has 7 nitrogen and oxygen atoms in total. The van der Waals surface area contributed by atoms with Crippen LogP contribution in [0, 0.1) is 0 Å². The van der Waals surface area contributed by atoms with E-state index in [1.165, 1.54) is 7.05 Å². The van der Waals surface area contributed by atoms with E-state index in [1.807, 2.05) is 0 Å². The minimum Gasteiger partial charge on any atom is -0.298 e. The molecule has 1 unspecified atom stereocenters. The van der Waals surface area contributed by atoms with Crippen molar-refractivity contribution in [2.24, 2.45) is 7.05 Å². The number of imide groups is 1. The number of nitrogens with one attached hydrogen (secondary N) is 1. The predicted octanol–water partition coefficient (Wildman–Crippen LogP) is -1.34. The molecule has 1 aromatic rings. The summed E-state index contributed by atoms with van der Waals surface area (Å²) in [6.07, 6.45) is 1.80. The molecular formula is C9H13N5O2. The van der Waals surface area contributed by atoms with Gasteiger partial charge in [-0.25, -0.2) is 4.98 Å². The average Bonchev–Trinajstić information content (AvgIpc) is 2.76. The van der Waals surface area contributed by atoms with E-state index in [2.05, 4.69) is 15.4 Å². The number of carbonyl (C=O) groups is 2. The summed E-state index contributed by atoms with van der Waals surface area (Å²) in [4.78, 5) is 27.9. The highest BCUT2D eigenvalue weighted by Crippen LogP contribution is 2.10. The SMILES string of the molecule is CN1C(=O)CC(NCc2ncn(C)n2)C1=O. The summed E-state index contributed by atoms with van der Waals surface area (Å²) in [5.41, 5.74) is 0. The van der Waals surface area contributed by atoms with E-state index >= 15 is 0 Å². The van der Waals surface area contributed by atoms with Crippen molar-refractivity contribution in [3.8, 4) is 0 Å². The van der Waals surface area contributed by atoms with E-state index in [0.717, 1.165) is 4.90 Å². The fourth-order valence-corrected chi connectivity index (χ4v) is 1.59. The number of likely N-dealkylation sites (N-methyl/N-ethyl adjacent to an activating group) is 1. The zero-order chi connectivity index (χ0) is 11.7. The molecule has 7 heteroatoms. The molecule has 1 atom stereocenters. The van der Waals surface area contributed by atoms with Gasteiger partial charge in [0, 0.05) is 14.1 Å². The second-order valence-electron chi connectivity index (χ2n) is 3.76. The van der Waals surface area contributed by atoms with E-state index in [1.54, 1.807) is 18.1 Å². The Kier molecular flexibility index (Phi) is 2.69. The molecule has 1 aliphatic rings. The molecule has 16 heavy (non-hydrogen) atoms. The third kappa shape index (κ3) is 1.94. The maximum Gasteiger partial charge on any atom is 0.246 e. The largest absolute Gasteiger partial charge is 0.298 e. The molecular weight excluding hydrogens is 210 g/mol. The number of rotatable bonds is 3. The first-order valence-corrected chi connectivity index (χ1v) is 4.96. The van der Waals surface area contributed by atoms with Gasteiger partial charge in [0.25, 0.3) is 0 Å². The van der Waals surface area contributed by atoms with Gasteiger partial charge in [-0.2, -0.15) is 5.10 Å². The van der Waals surface area contributed by atoms with E-state index in [4.69, 9.17) is 0 Å². The van der Waals surface area contributed by atoms with E-state index in [-0.39, 0.29) is 18.2 Å². The van der Waals surface area contributed by atoms with Crippen molar-refractivity contribution in [2.45, 2.75) is 19.0 Å². The summed E-state index contributed by atoms with van der Waals surface area (Å²) in [7, 11) is 3.26. The summed E-state index contributed by atoms with van der Waals surface area (Å²) >= 11 is 0. The van der Waals surface area contributed by atoms with Gasteiger partial charge >= 0.3 is 0 Å². The highest BCUT2D eigenvalue weighted by atomic mass is 16.2. The number of aryl methyl sites for hydroxylation is 1. The third-order valence-electron chi connectivity index (χ3n) is 2.54. The minimum atomic E-state index is -0.443. The zero-order valence-corrected chi connectivity index (χ0v) is 9.17. The van der Waals surface area contributed by atoms with Gasteiger partial charge in [0.2, 0.25) is 11.8 Å². The fraction of sp³-hybridized carbons (Fsp3) is 0.556. The first-order valence-electron chi connectivity index (χ1n) is 4.96. The molecule has 0 aliphatic carbocycles. The molecule has 1 fully saturated rings. The number of likely N-dealkylation sites (tertiary alicyclic amines) is 1. The molecule has 0 bridgehead atoms. The lowest BCUT2D eigenvalue weighted by Gasteiger charge is -2.08. The smallest absolute Gasteiger partial charge is 0.246 e. The van der Waals surface area contributed by atoms with Crippen molar-refractivity contribution in [1.29, 1.82) is 0 Å². The monoisotopic (exact) mass is 223 g/mol. The molecule has 1 aromatic heterocycles.